The molecule has 2 heterocycles. The molecule has 5 nitrogen and oxygen atoms in total. The number of rotatable bonds is 4. The fraction of sp³-hybridized carbons (Fsp3) is 0.571. The second-order valence-corrected chi connectivity index (χ2v) is 4.64. The zero-order chi connectivity index (χ0) is 12.9. The van der Waals surface area contributed by atoms with E-state index in [1.54, 1.807) is 0 Å². The lowest BCUT2D eigenvalue weighted by Crippen LogP contribution is -2.37. The van der Waals surface area contributed by atoms with Crippen LogP contribution in [0.1, 0.15) is 5.56 Å². The molecule has 0 aliphatic carbocycles. The Kier molecular flexibility index (Phi) is 4.17. The summed E-state index contributed by atoms with van der Waals surface area (Å²) in [5.41, 5.74) is 1.12. The predicted molar refractivity (Wildman–Crippen MR) is 69.7 cm³/mol. The molecule has 1 aromatic rings. The summed E-state index contributed by atoms with van der Waals surface area (Å²) in [6, 6.07) is 5.99. The molecule has 1 atom stereocenters. The third-order valence-corrected chi connectivity index (χ3v) is 3.22. The first kappa shape index (κ1) is 12.7. The van der Waals surface area contributed by atoms with Gasteiger partial charge in [0.1, 0.15) is 13.2 Å². The summed E-state index contributed by atoms with van der Waals surface area (Å²) in [6.07, 6.45) is 0.144. The molecule has 1 fully saturated rings. The zero-order valence-corrected chi connectivity index (χ0v) is 10.9. The fourth-order valence-corrected chi connectivity index (χ4v) is 2.30. The molecule has 5 heteroatoms. The molecule has 0 amide bonds. The standard InChI is InChI=1S/C14H19NO4/c1-2-11(14-13(3-1)18-6-7-19-14)8-15-9-12-10-16-4-5-17-12/h1-3,12,15H,4-10H2. The van der Waals surface area contributed by atoms with Crippen molar-refractivity contribution in [2.75, 3.05) is 39.6 Å². The van der Waals surface area contributed by atoms with Crippen molar-refractivity contribution in [3.05, 3.63) is 23.8 Å². The van der Waals surface area contributed by atoms with Gasteiger partial charge in [-0.1, -0.05) is 12.1 Å². The number of nitrogens with one attached hydrogen (secondary N) is 1. The van der Waals surface area contributed by atoms with Crippen LogP contribution < -0.4 is 14.8 Å². The van der Waals surface area contributed by atoms with Crippen molar-refractivity contribution < 1.29 is 18.9 Å². The Morgan fingerprint density at radius 3 is 2.95 bits per heavy atom. The molecule has 2 aliphatic heterocycles. The highest BCUT2D eigenvalue weighted by molar-refractivity contribution is 5.47. The van der Waals surface area contributed by atoms with Gasteiger partial charge in [-0.3, -0.25) is 0 Å². The van der Waals surface area contributed by atoms with Gasteiger partial charge in [-0.25, -0.2) is 0 Å². The summed E-state index contributed by atoms with van der Waals surface area (Å²) in [5, 5.41) is 3.38. The minimum Gasteiger partial charge on any atom is -0.486 e. The summed E-state index contributed by atoms with van der Waals surface area (Å²) >= 11 is 0. The van der Waals surface area contributed by atoms with Crippen LogP contribution in [0.15, 0.2) is 18.2 Å². The van der Waals surface area contributed by atoms with Gasteiger partial charge in [0.25, 0.3) is 0 Å². The van der Waals surface area contributed by atoms with Gasteiger partial charge >= 0.3 is 0 Å². The summed E-state index contributed by atoms with van der Waals surface area (Å²) < 4.78 is 22.2. The Morgan fingerprint density at radius 2 is 2.05 bits per heavy atom. The second kappa shape index (κ2) is 6.23. The van der Waals surface area contributed by atoms with E-state index >= 15 is 0 Å². The summed E-state index contributed by atoms with van der Waals surface area (Å²) in [5.74, 6) is 1.70. The maximum absolute atomic E-state index is 5.68. The van der Waals surface area contributed by atoms with Gasteiger partial charge in [0.2, 0.25) is 0 Å². The number of para-hydroxylation sites is 1. The lowest BCUT2D eigenvalue weighted by atomic mass is 10.1. The van der Waals surface area contributed by atoms with E-state index in [0.717, 1.165) is 30.2 Å². The van der Waals surface area contributed by atoms with E-state index in [4.69, 9.17) is 18.9 Å². The lowest BCUT2D eigenvalue weighted by molar-refractivity contribution is -0.0864. The maximum atomic E-state index is 5.68. The third kappa shape index (κ3) is 3.18. The number of hydrogen-bond acceptors (Lipinski definition) is 5. The van der Waals surface area contributed by atoms with E-state index in [-0.39, 0.29) is 6.10 Å². The van der Waals surface area contributed by atoms with Gasteiger partial charge in [0.05, 0.1) is 25.9 Å². The average Bonchev–Trinajstić information content (AvgIpc) is 2.49. The number of ether oxygens (including phenoxy) is 4. The van der Waals surface area contributed by atoms with Crippen LogP contribution in [-0.4, -0.2) is 45.7 Å². The van der Waals surface area contributed by atoms with Gasteiger partial charge < -0.3 is 24.3 Å². The number of fused-ring (bicyclic) bond motifs is 1. The minimum absolute atomic E-state index is 0.144. The monoisotopic (exact) mass is 265 g/mol. The molecule has 1 aromatic carbocycles. The minimum atomic E-state index is 0.144. The Balaban J connectivity index is 1.54. The Morgan fingerprint density at radius 1 is 1.11 bits per heavy atom. The van der Waals surface area contributed by atoms with Crippen LogP contribution in [0.25, 0.3) is 0 Å². The van der Waals surface area contributed by atoms with E-state index in [1.165, 1.54) is 0 Å². The van der Waals surface area contributed by atoms with E-state index in [2.05, 4.69) is 11.4 Å². The molecule has 1 unspecified atom stereocenters. The van der Waals surface area contributed by atoms with Crippen LogP contribution >= 0.6 is 0 Å². The molecule has 0 saturated carbocycles. The van der Waals surface area contributed by atoms with E-state index in [1.807, 2.05) is 12.1 Å². The SMILES string of the molecule is c1cc(CNCC2COCCO2)c2c(c1)OCCO2. The molecule has 0 radical (unpaired) electrons. The maximum Gasteiger partial charge on any atom is 0.165 e. The van der Waals surface area contributed by atoms with Crippen molar-refractivity contribution in [1.29, 1.82) is 0 Å². The first-order chi connectivity index (χ1) is 9.43. The summed E-state index contributed by atoms with van der Waals surface area (Å²) in [6.45, 7) is 4.81. The van der Waals surface area contributed by atoms with Crippen molar-refractivity contribution in [2.24, 2.45) is 0 Å². The van der Waals surface area contributed by atoms with Crippen molar-refractivity contribution >= 4 is 0 Å². The van der Waals surface area contributed by atoms with Crippen LogP contribution in [0.3, 0.4) is 0 Å². The van der Waals surface area contributed by atoms with Crippen LogP contribution in [0.4, 0.5) is 0 Å². The third-order valence-electron chi connectivity index (χ3n) is 3.22. The van der Waals surface area contributed by atoms with Crippen LogP contribution in [0, 0.1) is 0 Å². The first-order valence-electron chi connectivity index (χ1n) is 6.71. The Hall–Kier alpha value is -1.30. The van der Waals surface area contributed by atoms with Crippen molar-refractivity contribution in [3.63, 3.8) is 0 Å². The molecule has 0 spiro atoms. The Bertz CT molecular complexity index is 418. The topological polar surface area (TPSA) is 49.0 Å². The van der Waals surface area contributed by atoms with E-state index in [9.17, 15) is 0 Å². The molecule has 104 valence electrons. The van der Waals surface area contributed by atoms with Gasteiger partial charge in [0.15, 0.2) is 11.5 Å². The summed E-state index contributed by atoms with van der Waals surface area (Å²) in [4.78, 5) is 0. The summed E-state index contributed by atoms with van der Waals surface area (Å²) in [7, 11) is 0. The lowest BCUT2D eigenvalue weighted by Gasteiger charge is -2.24. The molecular formula is C14H19NO4. The van der Waals surface area contributed by atoms with Crippen molar-refractivity contribution in [1.82, 2.24) is 5.32 Å². The van der Waals surface area contributed by atoms with Crippen LogP contribution in [0.5, 0.6) is 11.5 Å². The fourth-order valence-electron chi connectivity index (χ4n) is 2.30. The second-order valence-electron chi connectivity index (χ2n) is 4.64. The highest BCUT2D eigenvalue weighted by atomic mass is 16.6. The van der Waals surface area contributed by atoms with Gasteiger partial charge in [-0.05, 0) is 6.07 Å². The van der Waals surface area contributed by atoms with E-state index < -0.39 is 0 Å². The predicted octanol–water partition coefficient (Wildman–Crippen LogP) is 0.963. The molecule has 1 saturated heterocycles. The molecule has 2 aliphatic rings. The molecule has 1 N–H and O–H groups in total. The molecule has 0 bridgehead atoms. The quantitative estimate of drug-likeness (QED) is 0.879. The van der Waals surface area contributed by atoms with Crippen LogP contribution in [0.2, 0.25) is 0 Å². The highest BCUT2D eigenvalue weighted by Crippen LogP contribution is 2.33. The first-order valence-corrected chi connectivity index (χ1v) is 6.71. The van der Waals surface area contributed by atoms with Gasteiger partial charge in [-0.2, -0.15) is 0 Å². The smallest absolute Gasteiger partial charge is 0.165 e. The van der Waals surface area contributed by atoms with Crippen molar-refractivity contribution in [3.8, 4) is 11.5 Å². The number of benzene rings is 1. The van der Waals surface area contributed by atoms with Crippen molar-refractivity contribution in [2.45, 2.75) is 12.6 Å². The van der Waals surface area contributed by atoms with Crippen LogP contribution in [-0.2, 0) is 16.0 Å². The molecule has 0 aromatic heterocycles. The van der Waals surface area contributed by atoms with Gasteiger partial charge in [-0.15, -0.1) is 0 Å². The Labute approximate surface area is 112 Å². The zero-order valence-electron chi connectivity index (χ0n) is 10.9. The largest absolute Gasteiger partial charge is 0.486 e. The number of hydrogen-bond donors (Lipinski definition) is 1. The van der Waals surface area contributed by atoms with Gasteiger partial charge in [0, 0.05) is 18.7 Å². The molecule has 19 heavy (non-hydrogen) atoms. The molecule has 3 rings (SSSR count). The molecular weight excluding hydrogens is 246 g/mol. The average molecular weight is 265 g/mol. The highest BCUT2D eigenvalue weighted by Gasteiger charge is 2.17. The van der Waals surface area contributed by atoms with E-state index in [0.29, 0.717) is 33.0 Å². The normalized spacial score (nSPS) is 22.2.